The highest BCUT2D eigenvalue weighted by Gasteiger charge is 2.36. The molecule has 2 amide bonds. The van der Waals surface area contributed by atoms with Crippen LogP contribution >= 0.6 is 0 Å². The second kappa shape index (κ2) is 8.73. The Bertz CT molecular complexity index is 923. The van der Waals surface area contributed by atoms with Gasteiger partial charge >= 0.3 is 0 Å². The molecule has 0 radical (unpaired) electrons. The van der Waals surface area contributed by atoms with Crippen LogP contribution in [0.1, 0.15) is 30.4 Å². The standard InChI is InChI=1S/C23H28N4O3/c1-16-5-7-20(30-2)19(11-16)27-15-18(12-22(27)28)23(29)25-14-17-6-8-21(24-13-17)26-9-3-4-10-26/h5-8,11,13,18H,3-4,9-10,12,14-15H2,1-2H3,(H,25,29). The molecule has 0 spiro atoms. The maximum absolute atomic E-state index is 12.7. The molecule has 1 aromatic heterocycles. The lowest BCUT2D eigenvalue weighted by Crippen LogP contribution is -2.32. The zero-order valence-electron chi connectivity index (χ0n) is 17.6. The normalized spacial score (nSPS) is 18.7. The summed E-state index contributed by atoms with van der Waals surface area (Å²) in [5, 5.41) is 2.96. The molecule has 3 heterocycles. The van der Waals surface area contributed by atoms with Crippen LogP contribution in [-0.2, 0) is 16.1 Å². The van der Waals surface area contributed by atoms with Crippen molar-refractivity contribution in [1.82, 2.24) is 10.3 Å². The van der Waals surface area contributed by atoms with E-state index in [2.05, 4.69) is 15.2 Å². The Labute approximate surface area is 177 Å². The predicted molar refractivity (Wildman–Crippen MR) is 116 cm³/mol. The third kappa shape index (κ3) is 4.25. The number of carbonyl (C=O) groups is 2. The van der Waals surface area contributed by atoms with E-state index in [0.717, 1.165) is 35.7 Å². The van der Waals surface area contributed by atoms with E-state index >= 15 is 0 Å². The first-order valence-corrected chi connectivity index (χ1v) is 10.5. The number of rotatable bonds is 6. The summed E-state index contributed by atoms with van der Waals surface area (Å²) >= 11 is 0. The monoisotopic (exact) mass is 408 g/mol. The Morgan fingerprint density at radius 1 is 1.23 bits per heavy atom. The van der Waals surface area contributed by atoms with E-state index in [4.69, 9.17) is 4.74 Å². The third-order valence-electron chi connectivity index (χ3n) is 5.83. The fourth-order valence-corrected chi connectivity index (χ4v) is 4.12. The van der Waals surface area contributed by atoms with Gasteiger partial charge in [-0.05, 0) is 49.1 Å². The zero-order chi connectivity index (χ0) is 21.1. The number of ether oxygens (including phenoxy) is 1. The number of methoxy groups -OCH3 is 1. The van der Waals surface area contributed by atoms with Crippen molar-refractivity contribution in [2.75, 3.05) is 36.5 Å². The molecular weight excluding hydrogens is 380 g/mol. The van der Waals surface area contributed by atoms with Crippen LogP contribution in [0.4, 0.5) is 11.5 Å². The Kier molecular flexibility index (Phi) is 5.88. The average molecular weight is 409 g/mol. The molecule has 2 aromatic rings. The van der Waals surface area contributed by atoms with Gasteiger partial charge in [-0.3, -0.25) is 9.59 Å². The van der Waals surface area contributed by atoms with Crippen LogP contribution in [0.25, 0.3) is 0 Å². The molecular formula is C23H28N4O3. The number of benzene rings is 1. The summed E-state index contributed by atoms with van der Waals surface area (Å²) in [6.45, 7) is 4.85. The number of hydrogen-bond acceptors (Lipinski definition) is 5. The maximum Gasteiger partial charge on any atom is 0.227 e. The number of hydrogen-bond donors (Lipinski definition) is 1. The minimum atomic E-state index is -0.375. The number of carbonyl (C=O) groups excluding carboxylic acids is 2. The largest absolute Gasteiger partial charge is 0.495 e. The molecule has 2 fully saturated rings. The van der Waals surface area contributed by atoms with E-state index in [-0.39, 0.29) is 24.2 Å². The smallest absolute Gasteiger partial charge is 0.227 e. The quantitative estimate of drug-likeness (QED) is 0.795. The summed E-state index contributed by atoms with van der Waals surface area (Å²) in [7, 11) is 1.59. The van der Waals surface area contributed by atoms with Gasteiger partial charge in [0, 0.05) is 38.8 Å². The fraction of sp³-hybridized carbons (Fsp3) is 0.435. The van der Waals surface area contributed by atoms with E-state index in [0.29, 0.717) is 18.8 Å². The van der Waals surface area contributed by atoms with E-state index in [9.17, 15) is 9.59 Å². The van der Waals surface area contributed by atoms with Crippen LogP contribution in [0.5, 0.6) is 5.75 Å². The second-order valence-electron chi connectivity index (χ2n) is 8.02. The fourth-order valence-electron chi connectivity index (χ4n) is 4.12. The molecule has 0 bridgehead atoms. The van der Waals surface area contributed by atoms with Crippen LogP contribution in [0.3, 0.4) is 0 Å². The van der Waals surface area contributed by atoms with Crippen molar-refractivity contribution in [2.24, 2.45) is 5.92 Å². The molecule has 1 N–H and O–H groups in total. The first-order chi connectivity index (χ1) is 14.5. The van der Waals surface area contributed by atoms with Crippen molar-refractivity contribution in [3.63, 3.8) is 0 Å². The SMILES string of the molecule is COc1ccc(C)cc1N1CC(C(=O)NCc2ccc(N3CCCC3)nc2)CC1=O. The van der Waals surface area contributed by atoms with E-state index in [1.165, 1.54) is 12.8 Å². The summed E-state index contributed by atoms with van der Waals surface area (Å²) in [5.74, 6) is 1.09. The van der Waals surface area contributed by atoms with Crippen molar-refractivity contribution in [3.05, 3.63) is 47.7 Å². The van der Waals surface area contributed by atoms with Gasteiger partial charge < -0.3 is 19.9 Å². The lowest BCUT2D eigenvalue weighted by Gasteiger charge is -2.20. The number of pyridine rings is 1. The van der Waals surface area contributed by atoms with Crippen molar-refractivity contribution in [3.8, 4) is 5.75 Å². The van der Waals surface area contributed by atoms with Crippen LogP contribution in [0.2, 0.25) is 0 Å². The van der Waals surface area contributed by atoms with Gasteiger partial charge in [-0.15, -0.1) is 0 Å². The molecule has 158 valence electrons. The molecule has 7 nitrogen and oxygen atoms in total. The number of aryl methyl sites for hydroxylation is 1. The Morgan fingerprint density at radius 2 is 2.03 bits per heavy atom. The molecule has 1 unspecified atom stereocenters. The minimum Gasteiger partial charge on any atom is -0.495 e. The van der Waals surface area contributed by atoms with Gasteiger partial charge in [-0.1, -0.05) is 12.1 Å². The Balaban J connectivity index is 1.35. The second-order valence-corrected chi connectivity index (χ2v) is 8.02. The molecule has 7 heteroatoms. The van der Waals surface area contributed by atoms with Gasteiger partial charge in [0.1, 0.15) is 11.6 Å². The molecule has 4 rings (SSSR count). The zero-order valence-corrected chi connectivity index (χ0v) is 17.6. The van der Waals surface area contributed by atoms with Crippen molar-refractivity contribution in [2.45, 2.75) is 32.7 Å². The maximum atomic E-state index is 12.7. The van der Waals surface area contributed by atoms with Crippen molar-refractivity contribution >= 4 is 23.3 Å². The summed E-state index contributed by atoms with van der Waals surface area (Å²) in [6, 6.07) is 9.73. The van der Waals surface area contributed by atoms with Gasteiger partial charge in [0.25, 0.3) is 0 Å². The Hall–Kier alpha value is -3.09. The molecule has 1 atom stereocenters. The number of nitrogens with one attached hydrogen (secondary N) is 1. The van der Waals surface area contributed by atoms with E-state index in [1.807, 2.05) is 43.5 Å². The number of amides is 2. The number of anilines is 2. The van der Waals surface area contributed by atoms with Crippen molar-refractivity contribution in [1.29, 1.82) is 0 Å². The van der Waals surface area contributed by atoms with Gasteiger partial charge in [-0.25, -0.2) is 4.98 Å². The summed E-state index contributed by atoms with van der Waals surface area (Å²) in [6.07, 6.45) is 4.45. The molecule has 30 heavy (non-hydrogen) atoms. The summed E-state index contributed by atoms with van der Waals surface area (Å²) in [4.78, 5) is 33.7. The Morgan fingerprint density at radius 3 is 2.73 bits per heavy atom. The lowest BCUT2D eigenvalue weighted by atomic mass is 10.1. The number of aromatic nitrogens is 1. The van der Waals surface area contributed by atoms with E-state index in [1.54, 1.807) is 12.0 Å². The topological polar surface area (TPSA) is 74.8 Å². The van der Waals surface area contributed by atoms with Crippen LogP contribution in [-0.4, -0.2) is 43.5 Å². The molecule has 2 saturated heterocycles. The van der Waals surface area contributed by atoms with Gasteiger partial charge in [0.2, 0.25) is 11.8 Å². The van der Waals surface area contributed by atoms with Crippen LogP contribution < -0.4 is 19.9 Å². The highest BCUT2D eigenvalue weighted by Crippen LogP contribution is 2.34. The first kappa shape index (κ1) is 20.2. The molecule has 2 aliphatic rings. The van der Waals surface area contributed by atoms with Gasteiger partial charge in [0.15, 0.2) is 0 Å². The van der Waals surface area contributed by atoms with Crippen LogP contribution in [0.15, 0.2) is 36.5 Å². The van der Waals surface area contributed by atoms with Gasteiger partial charge in [0.05, 0.1) is 18.7 Å². The minimum absolute atomic E-state index is 0.0596. The summed E-state index contributed by atoms with van der Waals surface area (Å²) < 4.78 is 5.40. The number of nitrogens with zero attached hydrogens (tertiary/aromatic N) is 3. The van der Waals surface area contributed by atoms with Gasteiger partial charge in [-0.2, -0.15) is 0 Å². The highest BCUT2D eigenvalue weighted by molar-refractivity contribution is 6.01. The van der Waals surface area contributed by atoms with E-state index < -0.39 is 0 Å². The average Bonchev–Trinajstić information content (AvgIpc) is 3.42. The predicted octanol–water partition coefficient (Wildman–Crippen LogP) is 2.67. The molecule has 1 aromatic carbocycles. The van der Waals surface area contributed by atoms with Crippen LogP contribution in [0, 0.1) is 12.8 Å². The first-order valence-electron chi connectivity index (χ1n) is 10.5. The third-order valence-corrected chi connectivity index (χ3v) is 5.83. The van der Waals surface area contributed by atoms with Crippen molar-refractivity contribution < 1.29 is 14.3 Å². The highest BCUT2D eigenvalue weighted by atomic mass is 16.5. The molecule has 0 aliphatic carbocycles. The molecule has 2 aliphatic heterocycles. The molecule has 0 saturated carbocycles. The lowest BCUT2D eigenvalue weighted by molar-refractivity contribution is -0.126. The summed E-state index contributed by atoms with van der Waals surface area (Å²) in [5.41, 5.74) is 2.71.